The number of ether oxygens (including phenoxy) is 2. The third kappa shape index (κ3) is 3.03. The summed E-state index contributed by atoms with van der Waals surface area (Å²) >= 11 is 0. The molecule has 2 aliphatic rings. The van der Waals surface area contributed by atoms with Crippen LogP contribution in [0.2, 0.25) is 0 Å². The molecule has 1 atom stereocenters. The van der Waals surface area contributed by atoms with E-state index >= 15 is 0 Å². The van der Waals surface area contributed by atoms with Crippen LogP contribution in [0.3, 0.4) is 0 Å². The molecule has 2 aromatic carbocycles. The summed E-state index contributed by atoms with van der Waals surface area (Å²) in [6, 6.07) is 11.7. The van der Waals surface area contributed by atoms with E-state index in [1.54, 1.807) is 12.1 Å². The highest BCUT2D eigenvalue weighted by Gasteiger charge is 2.26. The van der Waals surface area contributed by atoms with Crippen LogP contribution in [0.15, 0.2) is 36.4 Å². The summed E-state index contributed by atoms with van der Waals surface area (Å²) in [5.74, 6) is 1.29. The van der Waals surface area contributed by atoms with Gasteiger partial charge in [-0.1, -0.05) is 6.07 Å². The van der Waals surface area contributed by atoms with Crippen LogP contribution in [0.4, 0.5) is 11.5 Å². The smallest absolute Gasteiger partial charge is 0.337 e. The van der Waals surface area contributed by atoms with Gasteiger partial charge in [0.2, 0.25) is 0 Å². The second-order valence-corrected chi connectivity index (χ2v) is 7.45. The molecule has 1 aromatic heterocycles. The maximum absolute atomic E-state index is 11.9. The van der Waals surface area contributed by atoms with Gasteiger partial charge in [0.25, 0.3) is 0 Å². The van der Waals surface area contributed by atoms with E-state index in [4.69, 9.17) is 19.4 Å². The van der Waals surface area contributed by atoms with Gasteiger partial charge in [-0.2, -0.15) is 0 Å². The number of esters is 1. The van der Waals surface area contributed by atoms with Gasteiger partial charge in [0, 0.05) is 18.2 Å². The van der Waals surface area contributed by atoms with Crippen molar-refractivity contribution in [2.75, 3.05) is 30.6 Å². The Labute approximate surface area is 168 Å². The van der Waals surface area contributed by atoms with Gasteiger partial charge in [0.15, 0.2) is 12.5 Å². The van der Waals surface area contributed by atoms with Crippen molar-refractivity contribution in [1.29, 1.82) is 0 Å². The number of rotatable bonds is 3. The Morgan fingerprint density at radius 1 is 1.21 bits per heavy atom. The fourth-order valence-corrected chi connectivity index (χ4v) is 4.06. The molecule has 0 radical (unpaired) electrons. The monoisotopic (exact) mass is 390 g/mol. The Bertz CT molecular complexity index is 1110. The van der Waals surface area contributed by atoms with Crippen molar-refractivity contribution in [2.45, 2.75) is 25.8 Å². The maximum atomic E-state index is 11.9. The number of nitrogens with zero attached hydrogens (tertiary/aromatic N) is 3. The topological polar surface area (TPSA) is 76.6 Å². The number of hydrogen-bond donors (Lipinski definition) is 1. The molecule has 0 aliphatic carbocycles. The molecule has 0 bridgehead atoms. The summed E-state index contributed by atoms with van der Waals surface area (Å²) in [5.41, 5.74) is 4.68. The first-order valence-electron chi connectivity index (χ1n) is 9.82. The Balaban J connectivity index is 1.69. The summed E-state index contributed by atoms with van der Waals surface area (Å²) in [7, 11) is 1.38. The molecular weight excluding hydrogens is 368 g/mol. The van der Waals surface area contributed by atoms with Crippen LogP contribution in [-0.2, 0) is 4.74 Å². The Hall–Kier alpha value is -3.35. The summed E-state index contributed by atoms with van der Waals surface area (Å²) in [5, 5.41) is 3.20. The van der Waals surface area contributed by atoms with Crippen LogP contribution in [-0.4, -0.2) is 42.4 Å². The SMILES string of the molecule is COC(=O)c1ccc2nc(-c3ccc4c(c3)OCN4)c(N3CCC[C@@H]3C)nc2c1. The number of anilines is 2. The highest BCUT2D eigenvalue weighted by Crippen LogP contribution is 2.38. The molecule has 2 aliphatic heterocycles. The molecule has 1 saturated heterocycles. The van der Waals surface area contributed by atoms with Crippen LogP contribution in [0.5, 0.6) is 5.75 Å². The molecule has 0 saturated carbocycles. The number of carbonyl (C=O) groups excluding carboxylic acids is 1. The van der Waals surface area contributed by atoms with E-state index in [1.165, 1.54) is 7.11 Å². The minimum absolute atomic E-state index is 0.378. The average Bonchev–Trinajstić information content (AvgIpc) is 3.39. The normalized spacial score (nSPS) is 17.7. The van der Waals surface area contributed by atoms with Crippen molar-refractivity contribution in [3.05, 3.63) is 42.0 Å². The molecule has 0 spiro atoms. The molecule has 1 fully saturated rings. The fraction of sp³-hybridized carbons (Fsp3) is 0.318. The number of aromatic nitrogens is 2. The summed E-state index contributed by atoms with van der Waals surface area (Å²) in [6.07, 6.45) is 2.25. The van der Waals surface area contributed by atoms with Gasteiger partial charge in [-0.15, -0.1) is 0 Å². The van der Waals surface area contributed by atoms with Crippen molar-refractivity contribution in [2.24, 2.45) is 0 Å². The van der Waals surface area contributed by atoms with Gasteiger partial charge >= 0.3 is 5.97 Å². The first kappa shape index (κ1) is 17.7. The number of benzene rings is 2. The molecule has 7 heteroatoms. The van der Waals surface area contributed by atoms with Crippen molar-refractivity contribution >= 4 is 28.5 Å². The second kappa shape index (κ2) is 6.92. The molecule has 3 heterocycles. The van der Waals surface area contributed by atoms with Crippen molar-refractivity contribution < 1.29 is 14.3 Å². The summed E-state index contributed by atoms with van der Waals surface area (Å²) in [6.45, 7) is 3.63. The number of hydrogen-bond acceptors (Lipinski definition) is 7. The van der Waals surface area contributed by atoms with E-state index in [9.17, 15) is 4.79 Å². The minimum atomic E-state index is -0.378. The van der Waals surface area contributed by atoms with Gasteiger partial charge < -0.3 is 19.7 Å². The fourth-order valence-electron chi connectivity index (χ4n) is 4.06. The standard InChI is InChI=1S/C22H22N4O3/c1-13-4-3-9-26(13)21-20(14-5-8-17-19(11-14)29-12-23-17)24-16-7-6-15(22(27)28-2)10-18(16)25-21/h5-8,10-11,13,23H,3-4,9,12H2,1-2H3/t13-/m0/s1. The lowest BCUT2D eigenvalue weighted by Gasteiger charge is -2.25. The molecule has 148 valence electrons. The molecule has 3 aromatic rings. The zero-order chi connectivity index (χ0) is 20.0. The second-order valence-electron chi connectivity index (χ2n) is 7.45. The number of nitrogens with one attached hydrogen (secondary N) is 1. The maximum Gasteiger partial charge on any atom is 0.337 e. The average molecular weight is 390 g/mol. The predicted molar refractivity (Wildman–Crippen MR) is 111 cm³/mol. The van der Waals surface area contributed by atoms with Gasteiger partial charge in [-0.05, 0) is 50.1 Å². The van der Waals surface area contributed by atoms with Crippen LogP contribution in [0.1, 0.15) is 30.1 Å². The van der Waals surface area contributed by atoms with Crippen LogP contribution >= 0.6 is 0 Å². The number of fused-ring (bicyclic) bond motifs is 2. The van der Waals surface area contributed by atoms with Gasteiger partial charge in [0.1, 0.15) is 11.4 Å². The van der Waals surface area contributed by atoms with E-state index in [0.29, 0.717) is 23.9 Å². The third-order valence-electron chi connectivity index (χ3n) is 5.64. The molecule has 0 amide bonds. The number of carbonyl (C=O) groups is 1. The van der Waals surface area contributed by atoms with Crippen molar-refractivity contribution in [3.8, 4) is 17.0 Å². The molecule has 0 unspecified atom stereocenters. The quantitative estimate of drug-likeness (QED) is 0.681. The van der Waals surface area contributed by atoms with Crippen LogP contribution in [0, 0.1) is 0 Å². The van der Waals surface area contributed by atoms with E-state index < -0.39 is 0 Å². The predicted octanol–water partition coefficient (Wildman–Crippen LogP) is 3.83. The van der Waals surface area contributed by atoms with Crippen LogP contribution < -0.4 is 15.0 Å². The van der Waals surface area contributed by atoms with Gasteiger partial charge in [-0.3, -0.25) is 0 Å². The molecule has 7 nitrogen and oxygen atoms in total. The van der Waals surface area contributed by atoms with Crippen molar-refractivity contribution in [3.63, 3.8) is 0 Å². The van der Waals surface area contributed by atoms with E-state index in [0.717, 1.165) is 53.4 Å². The zero-order valence-electron chi connectivity index (χ0n) is 16.4. The first-order valence-corrected chi connectivity index (χ1v) is 9.82. The molecule has 29 heavy (non-hydrogen) atoms. The lowest BCUT2D eigenvalue weighted by atomic mass is 10.1. The highest BCUT2D eigenvalue weighted by molar-refractivity contribution is 5.94. The Morgan fingerprint density at radius 3 is 2.90 bits per heavy atom. The lowest BCUT2D eigenvalue weighted by Crippen LogP contribution is -2.28. The molecule has 5 rings (SSSR count). The summed E-state index contributed by atoms with van der Waals surface area (Å²) < 4.78 is 10.5. The van der Waals surface area contributed by atoms with Crippen LogP contribution in [0.25, 0.3) is 22.3 Å². The third-order valence-corrected chi connectivity index (χ3v) is 5.64. The minimum Gasteiger partial charge on any atom is -0.471 e. The molecular formula is C22H22N4O3. The largest absolute Gasteiger partial charge is 0.471 e. The van der Waals surface area contributed by atoms with Gasteiger partial charge in [-0.25, -0.2) is 14.8 Å². The van der Waals surface area contributed by atoms with E-state index in [1.807, 2.05) is 24.3 Å². The van der Waals surface area contributed by atoms with Gasteiger partial charge in [0.05, 0.1) is 29.4 Å². The molecule has 1 N–H and O–H groups in total. The lowest BCUT2D eigenvalue weighted by molar-refractivity contribution is 0.0601. The highest BCUT2D eigenvalue weighted by atomic mass is 16.5. The van der Waals surface area contributed by atoms with E-state index in [2.05, 4.69) is 17.1 Å². The Morgan fingerprint density at radius 2 is 2.10 bits per heavy atom. The Kier molecular flexibility index (Phi) is 4.23. The van der Waals surface area contributed by atoms with E-state index in [-0.39, 0.29) is 5.97 Å². The number of methoxy groups -OCH3 is 1. The first-order chi connectivity index (χ1) is 14.1. The zero-order valence-corrected chi connectivity index (χ0v) is 16.4. The van der Waals surface area contributed by atoms with Crippen molar-refractivity contribution in [1.82, 2.24) is 9.97 Å². The summed E-state index contributed by atoms with van der Waals surface area (Å²) in [4.78, 5) is 24.1.